The van der Waals surface area contributed by atoms with Crippen LogP contribution in [0.4, 0.5) is 10.5 Å². The summed E-state index contributed by atoms with van der Waals surface area (Å²) in [4.78, 5) is 50.3. The van der Waals surface area contributed by atoms with Crippen LogP contribution in [0.1, 0.15) is 5.56 Å². The van der Waals surface area contributed by atoms with Gasteiger partial charge in [-0.3, -0.25) is 19.3 Å². The lowest BCUT2D eigenvalue weighted by atomic mass is 10.1. The lowest BCUT2D eigenvalue weighted by molar-refractivity contribution is -0.143. The SMILES string of the molecule is COC(=O)COc1c(/C=C2/SC(=O)N(CC(=O)Nc3ccccc3OC)C2=O)cccc1OC. The van der Waals surface area contributed by atoms with E-state index in [0.29, 0.717) is 34.5 Å². The van der Waals surface area contributed by atoms with Gasteiger partial charge in [0.25, 0.3) is 11.1 Å². The fourth-order valence-corrected chi connectivity index (χ4v) is 3.84. The number of rotatable bonds is 9. The van der Waals surface area contributed by atoms with Crippen LogP contribution in [0.5, 0.6) is 17.2 Å². The molecule has 10 nitrogen and oxygen atoms in total. The van der Waals surface area contributed by atoms with E-state index in [1.807, 2.05) is 0 Å². The highest BCUT2D eigenvalue weighted by Crippen LogP contribution is 2.37. The van der Waals surface area contributed by atoms with Crippen LogP contribution in [0.3, 0.4) is 0 Å². The van der Waals surface area contributed by atoms with Crippen LogP contribution in [0.2, 0.25) is 0 Å². The molecule has 1 saturated heterocycles. The molecule has 1 aliphatic heterocycles. The lowest BCUT2D eigenvalue weighted by Gasteiger charge is -2.14. The quantitative estimate of drug-likeness (QED) is 0.421. The van der Waals surface area contributed by atoms with Gasteiger partial charge < -0.3 is 24.3 Å². The standard InChI is InChI=1S/C23H22N2O8S/c1-30-16-9-5-4-8-15(16)24-19(26)12-25-22(28)18(34-23(25)29)11-14-7-6-10-17(31-2)21(14)33-13-20(27)32-3/h4-11H,12-13H2,1-3H3,(H,24,26)/b18-11+. The van der Waals surface area contributed by atoms with E-state index in [9.17, 15) is 19.2 Å². The van der Waals surface area contributed by atoms with E-state index in [4.69, 9.17) is 14.2 Å². The molecule has 178 valence electrons. The molecular weight excluding hydrogens is 464 g/mol. The van der Waals surface area contributed by atoms with E-state index < -0.39 is 29.6 Å². The number of carbonyl (C=O) groups is 4. The highest BCUT2D eigenvalue weighted by Gasteiger charge is 2.36. The summed E-state index contributed by atoms with van der Waals surface area (Å²) in [6.45, 7) is -0.841. The normalized spacial score (nSPS) is 14.2. The van der Waals surface area contributed by atoms with Crippen molar-refractivity contribution < 1.29 is 38.1 Å². The molecule has 0 unspecified atom stereocenters. The summed E-state index contributed by atoms with van der Waals surface area (Å²) in [5.41, 5.74) is 0.827. The summed E-state index contributed by atoms with van der Waals surface area (Å²) >= 11 is 0.689. The fraction of sp³-hybridized carbons (Fsp3) is 0.217. The maximum Gasteiger partial charge on any atom is 0.343 e. The van der Waals surface area contributed by atoms with Crippen molar-refractivity contribution >= 4 is 46.5 Å². The maximum atomic E-state index is 12.9. The first kappa shape index (κ1) is 24.6. The molecule has 0 bridgehead atoms. The molecule has 0 aromatic heterocycles. The van der Waals surface area contributed by atoms with E-state index in [1.54, 1.807) is 42.5 Å². The monoisotopic (exact) mass is 486 g/mol. The molecule has 3 rings (SSSR count). The van der Waals surface area contributed by atoms with Gasteiger partial charge in [-0.05, 0) is 36.0 Å². The first-order chi connectivity index (χ1) is 16.4. The Morgan fingerprint density at radius 3 is 2.41 bits per heavy atom. The van der Waals surface area contributed by atoms with Gasteiger partial charge in [0.2, 0.25) is 5.91 Å². The molecule has 2 aromatic rings. The summed E-state index contributed by atoms with van der Waals surface area (Å²) < 4.78 is 20.6. The number of benzene rings is 2. The number of thioether (sulfide) groups is 1. The van der Waals surface area contributed by atoms with Crippen molar-refractivity contribution in [3.8, 4) is 17.2 Å². The van der Waals surface area contributed by atoms with Gasteiger partial charge in [-0.15, -0.1) is 0 Å². The average Bonchev–Trinajstić information content (AvgIpc) is 3.10. The number of imide groups is 1. The van der Waals surface area contributed by atoms with Crippen LogP contribution in [-0.4, -0.2) is 62.4 Å². The predicted molar refractivity (Wildman–Crippen MR) is 125 cm³/mol. The van der Waals surface area contributed by atoms with Crippen molar-refractivity contribution in [3.05, 3.63) is 52.9 Å². The molecule has 0 radical (unpaired) electrons. The second-order valence-electron chi connectivity index (χ2n) is 6.76. The lowest BCUT2D eigenvalue weighted by Crippen LogP contribution is -2.36. The topological polar surface area (TPSA) is 120 Å². The molecule has 1 aliphatic rings. The number of methoxy groups -OCH3 is 3. The van der Waals surface area contributed by atoms with Crippen molar-refractivity contribution in [2.75, 3.05) is 39.8 Å². The number of esters is 1. The third-order valence-corrected chi connectivity index (χ3v) is 5.54. The van der Waals surface area contributed by atoms with Crippen molar-refractivity contribution in [3.63, 3.8) is 0 Å². The van der Waals surface area contributed by atoms with Crippen molar-refractivity contribution in [2.24, 2.45) is 0 Å². The number of hydrogen-bond donors (Lipinski definition) is 1. The minimum atomic E-state index is -0.632. The molecule has 0 spiro atoms. The van der Waals surface area contributed by atoms with Gasteiger partial charge in [-0.1, -0.05) is 24.3 Å². The largest absolute Gasteiger partial charge is 0.495 e. The van der Waals surface area contributed by atoms with Gasteiger partial charge in [0.1, 0.15) is 12.3 Å². The molecule has 34 heavy (non-hydrogen) atoms. The molecule has 1 heterocycles. The van der Waals surface area contributed by atoms with E-state index >= 15 is 0 Å². The molecule has 3 amide bonds. The van der Waals surface area contributed by atoms with Crippen molar-refractivity contribution in [1.82, 2.24) is 4.90 Å². The Kier molecular flexibility index (Phi) is 8.14. The predicted octanol–water partition coefficient (Wildman–Crippen LogP) is 2.93. The summed E-state index contributed by atoms with van der Waals surface area (Å²) in [7, 11) is 4.13. The van der Waals surface area contributed by atoms with E-state index in [1.165, 1.54) is 27.4 Å². The summed E-state index contributed by atoms with van der Waals surface area (Å²) in [6.07, 6.45) is 1.44. The fourth-order valence-electron chi connectivity index (χ4n) is 3.01. The number of nitrogens with one attached hydrogen (secondary N) is 1. The molecule has 0 atom stereocenters. The second-order valence-corrected chi connectivity index (χ2v) is 7.75. The number of carbonyl (C=O) groups excluding carboxylic acids is 4. The van der Waals surface area contributed by atoms with Crippen molar-refractivity contribution in [1.29, 1.82) is 0 Å². The molecule has 1 fully saturated rings. The molecule has 1 N–H and O–H groups in total. The Hall–Kier alpha value is -3.99. The zero-order valence-corrected chi connectivity index (χ0v) is 19.5. The number of hydrogen-bond acceptors (Lipinski definition) is 9. The Morgan fingerprint density at radius 2 is 1.71 bits per heavy atom. The Morgan fingerprint density at radius 1 is 1.00 bits per heavy atom. The second kappa shape index (κ2) is 11.2. The first-order valence-electron chi connectivity index (χ1n) is 9.92. The third-order valence-electron chi connectivity index (χ3n) is 4.63. The third kappa shape index (κ3) is 5.67. The number of anilines is 1. The molecule has 11 heteroatoms. The van der Waals surface area contributed by atoms with Crippen LogP contribution in [-0.2, 0) is 19.1 Å². The minimum absolute atomic E-state index is 0.0891. The highest BCUT2D eigenvalue weighted by molar-refractivity contribution is 8.18. The van der Waals surface area contributed by atoms with E-state index in [-0.39, 0.29) is 17.3 Å². The van der Waals surface area contributed by atoms with Crippen LogP contribution < -0.4 is 19.5 Å². The maximum absolute atomic E-state index is 12.9. The Labute approximate surface area is 199 Å². The smallest absolute Gasteiger partial charge is 0.343 e. The van der Waals surface area contributed by atoms with Gasteiger partial charge in [0.15, 0.2) is 18.1 Å². The number of ether oxygens (including phenoxy) is 4. The van der Waals surface area contributed by atoms with Crippen LogP contribution in [0, 0.1) is 0 Å². The minimum Gasteiger partial charge on any atom is -0.495 e. The summed E-state index contributed by atoms with van der Waals surface area (Å²) in [5.74, 6) is -0.812. The van der Waals surface area contributed by atoms with Crippen LogP contribution >= 0.6 is 11.8 Å². The number of para-hydroxylation sites is 3. The van der Waals surface area contributed by atoms with Gasteiger partial charge in [0, 0.05) is 5.56 Å². The van der Waals surface area contributed by atoms with Gasteiger partial charge >= 0.3 is 5.97 Å². The van der Waals surface area contributed by atoms with Crippen molar-refractivity contribution in [2.45, 2.75) is 0 Å². The van der Waals surface area contributed by atoms with Gasteiger partial charge in [0.05, 0.1) is 31.9 Å². The highest BCUT2D eigenvalue weighted by atomic mass is 32.2. The Bertz CT molecular complexity index is 1150. The molecular formula is C23H22N2O8S. The molecule has 0 aliphatic carbocycles. The average molecular weight is 487 g/mol. The summed E-state index contributed by atoms with van der Waals surface area (Å²) in [6, 6.07) is 11.7. The summed E-state index contributed by atoms with van der Waals surface area (Å²) in [5, 5.41) is 2.04. The van der Waals surface area contributed by atoms with E-state index in [0.717, 1.165) is 4.90 Å². The zero-order chi connectivity index (χ0) is 24.7. The van der Waals surface area contributed by atoms with Gasteiger partial charge in [-0.25, -0.2) is 4.79 Å². The van der Waals surface area contributed by atoms with E-state index in [2.05, 4.69) is 10.1 Å². The first-order valence-corrected chi connectivity index (χ1v) is 10.7. The molecule has 2 aromatic carbocycles. The number of nitrogens with zero attached hydrogens (tertiary/aromatic N) is 1. The zero-order valence-electron chi connectivity index (χ0n) is 18.7. The van der Waals surface area contributed by atoms with Gasteiger partial charge in [-0.2, -0.15) is 0 Å². The molecule has 0 saturated carbocycles. The Balaban J connectivity index is 1.78. The van der Waals surface area contributed by atoms with Crippen LogP contribution in [0.15, 0.2) is 47.4 Å². The van der Waals surface area contributed by atoms with Crippen LogP contribution in [0.25, 0.3) is 6.08 Å². The number of amides is 3.